The molecule has 2 N–H and O–H groups in total. The first-order valence-corrected chi connectivity index (χ1v) is 36.8. The van der Waals surface area contributed by atoms with Crippen molar-refractivity contribution in [2.45, 2.75) is 76.6 Å². The number of carboxylic acids is 1. The number of methoxy groups -OCH3 is 1. The van der Waals surface area contributed by atoms with E-state index in [-0.39, 0.29) is 72.0 Å². The summed E-state index contributed by atoms with van der Waals surface area (Å²) in [6.45, 7) is -1.58. The number of halogens is 14. The molecule has 0 bridgehead atoms. The molecule has 0 saturated carbocycles. The number of allylic oxidation sites excluding steroid dienone is 2. The summed E-state index contributed by atoms with van der Waals surface area (Å²) >= 11 is 33.6. The van der Waals surface area contributed by atoms with Crippen molar-refractivity contribution in [3.05, 3.63) is 210 Å². The van der Waals surface area contributed by atoms with Crippen molar-refractivity contribution in [3.8, 4) is 5.75 Å². The molecule has 0 atom stereocenters. The first-order chi connectivity index (χ1) is 43.7. The van der Waals surface area contributed by atoms with Crippen molar-refractivity contribution < 1.29 is 104 Å². The number of hydrogen-bond acceptors (Lipinski definition) is 7. The van der Waals surface area contributed by atoms with Crippen molar-refractivity contribution in [3.63, 3.8) is 0 Å². The van der Waals surface area contributed by atoms with Gasteiger partial charge >= 0.3 is 57.2 Å². The zero-order valence-electron chi connectivity index (χ0n) is 51.2. The molecule has 0 aliphatic heterocycles. The number of nitrogens with one attached hydrogen (secondary N) is 1. The number of hydrogen-bond donors (Lipinski definition) is 2. The molecule has 0 saturated heterocycles. The molecule has 9 nitrogen and oxygen atoms in total. The first kappa shape index (κ1) is 93.2. The summed E-state index contributed by atoms with van der Waals surface area (Å²) in [6.07, 6.45) is 17.7. The zero-order chi connectivity index (χ0) is 70.5. The second-order valence-electron chi connectivity index (χ2n) is 19.5. The third-order valence-electron chi connectivity index (χ3n) is 13.5. The van der Waals surface area contributed by atoms with E-state index in [9.17, 15) is 36.1 Å². The molecule has 0 amide bonds. The Morgan fingerprint density at radius 3 is 1.55 bits per heavy atom. The van der Waals surface area contributed by atoms with Crippen LogP contribution in [0.3, 0.4) is 0 Å². The average Bonchev–Trinajstić information content (AvgIpc) is 1.30. The number of aldehydes is 2. The monoisotopic (exact) mass is 1750 g/mol. The normalized spacial score (nSPS) is 11.6. The fourth-order valence-corrected chi connectivity index (χ4v) is 11.0. The van der Waals surface area contributed by atoms with Crippen LogP contribution in [-0.2, 0) is 76.3 Å². The Labute approximate surface area is 653 Å². The summed E-state index contributed by atoms with van der Waals surface area (Å²) in [6, 6.07) is 24.0. The van der Waals surface area contributed by atoms with E-state index < -0.39 is 50.5 Å². The quantitative estimate of drug-likeness (QED) is 0.0502. The molecule has 1 aromatic heterocycles. The molecule has 11 rings (SSSR count). The van der Waals surface area contributed by atoms with E-state index in [1.165, 1.54) is 5.56 Å². The van der Waals surface area contributed by atoms with Crippen molar-refractivity contribution >= 4 is 253 Å². The third kappa shape index (κ3) is 30.0. The summed E-state index contributed by atoms with van der Waals surface area (Å²) in [5.74, 6) is -0.375. The molecule has 6 aromatic carbocycles. The van der Waals surface area contributed by atoms with Gasteiger partial charge in [0.25, 0.3) is 5.97 Å². The predicted octanol–water partition coefficient (Wildman–Crippen LogP) is 14.0. The van der Waals surface area contributed by atoms with Gasteiger partial charge < -0.3 is 16.3 Å². The minimum absolute atomic E-state index is 0. The van der Waals surface area contributed by atoms with Gasteiger partial charge in [0.15, 0.2) is 18.4 Å². The number of carboxylic acid groups (broad SMARTS) is 1. The van der Waals surface area contributed by atoms with Crippen molar-refractivity contribution in [1.82, 2.24) is 4.98 Å². The van der Waals surface area contributed by atoms with Crippen LogP contribution in [0.25, 0.3) is 23.1 Å². The Morgan fingerprint density at radius 1 is 0.684 bits per heavy atom. The number of rotatable bonds is 8. The molecule has 37 heteroatoms. The second kappa shape index (κ2) is 47.4. The Morgan fingerprint density at radius 2 is 1.09 bits per heavy atom. The topological polar surface area (TPSA) is 148 Å². The average molecular weight is 1750 g/mol. The van der Waals surface area contributed by atoms with Gasteiger partial charge in [0.05, 0.1) is 35.0 Å². The Balaban J connectivity index is 0. The van der Waals surface area contributed by atoms with Crippen molar-refractivity contribution in [1.29, 1.82) is 0 Å². The molecule has 0 spiro atoms. The summed E-state index contributed by atoms with van der Waals surface area (Å²) in [7, 11) is 40.7. The molecular weight excluding hydrogens is 1700 g/mol. The molecule has 480 valence electrons. The van der Waals surface area contributed by atoms with Gasteiger partial charge in [0.1, 0.15) is 29.0 Å². The van der Waals surface area contributed by atoms with E-state index in [2.05, 4.69) is 118 Å². The third-order valence-corrected chi connectivity index (χ3v) is 17.3. The number of fused-ring (bicyclic) bond motifs is 5. The maximum atomic E-state index is 13.5. The molecule has 0 fully saturated rings. The van der Waals surface area contributed by atoms with Crippen molar-refractivity contribution in [2.75, 3.05) is 7.11 Å². The van der Waals surface area contributed by atoms with E-state index in [4.69, 9.17) is 88.1 Å². The van der Waals surface area contributed by atoms with Crippen LogP contribution in [0.2, 0.25) is 5.01 Å². The van der Waals surface area contributed by atoms with E-state index in [1.54, 1.807) is 43.6 Å². The van der Waals surface area contributed by atoms with Crippen LogP contribution < -0.4 is 34.3 Å². The summed E-state index contributed by atoms with van der Waals surface area (Å²) < 4.78 is 100. The standard InChI is InChI=1S/C10H8BrFO.C10H6BrFO.C9H8BrF.C9H6BrF.C8H5BrFN.C8H9ClO.C2H4O2.CB11.CH4.Cl3OP.Mn.Na.2O.H/c2*11-9-7(5-13)4-6-2-1-3-8(6)10(9)12;2*10-8-5-4-6-2-1-3-7(6)9(8)11;9-6-2-1-5-3-4-11-8(5)7(6)10;1-10-8-4-2-7(6-9)3-5-8;1-2(3)4;2-9-1(10(3)4,11(5)6)12(7)8;;1-5(2,3)4;;;;;/h4-5H,1-3H2;1-2,4-5H,3H2;4-5H,1-3H2;1-2,4-5H,3H2;1-4,11H;2-5H,6H2,1H3;1H3,(H,3,4);;1H4;;;;;;/q;;;;;;;;;;;+1;;;-1. The number of aryl methyl sites for hydroxylation is 2. The molecule has 95 heavy (non-hydrogen) atoms. The number of ether oxygens (including phenoxy) is 1. The number of H-pyrrole nitrogens is 1. The van der Waals surface area contributed by atoms with Gasteiger partial charge in [-0.3, -0.25) is 18.9 Å². The van der Waals surface area contributed by atoms with Crippen LogP contribution in [-0.4, -0.2) is 117 Å². The van der Waals surface area contributed by atoms with Gasteiger partial charge in [0, 0.05) is 122 Å². The van der Waals surface area contributed by atoms with Crippen molar-refractivity contribution in [2.24, 2.45) is 0 Å². The molecule has 4 aliphatic rings. The van der Waals surface area contributed by atoms with Gasteiger partial charge in [-0.05, 0) is 258 Å². The van der Waals surface area contributed by atoms with Crippen LogP contribution in [0.15, 0.2) is 120 Å². The van der Waals surface area contributed by atoms with Gasteiger partial charge in [-0.15, -0.1) is 11.6 Å². The Kier molecular flexibility index (Phi) is 46.5. The SMILES string of the molecule is C.CC(=O)O.COc1ccc(CCl)cc1.Fc1c(Br)ccc2c1CC=C2.Fc1c(Br)ccc2c1CCC2.Fc1c(Br)ccc2cc[nH]c12.O=Cc1cc2c(c(F)c1Br)CC=C2.O=Cc1cc2c(c(F)c1Br)CCC2.O=P(Cl)(Cl)Cl.[B][B]C(B([B])[B])(B([B])[B])B([B])[B].[H-].[Na+].[O]=[Mn]=[O]. The Hall–Kier alpha value is -1.78. The molecule has 4 aliphatic carbocycles. The number of carbonyl (C=O) groups is 3. The predicted molar refractivity (Wildman–Crippen MR) is 399 cm³/mol. The number of alkyl halides is 1. The van der Waals surface area contributed by atoms with Crippen LogP contribution in [0, 0.1) is 29.1 Å². The fraction of sp³-hybridized carbons (Fsp3) is 0.224. The van der Waals surface area contributed by atoms with E-state index in [0.29, 0.717) is 65.0 Å². The maximum absolute atomic E-state index is 13.5. The first-order valence-electron chi connectivity index (χ1n) is 26.9. The second-order valence-corrected chi connectivity index (χ2v) is 30.7. The molecule has 1 heterocycles. The van der Waals surface area contributed by atoms with Crippen LogP contribution >= 0.6 is 130 Å². The number of benzene rings is 6. The van der Waals surface area contributed by atoms with E-state index >= 15 is 0 Å². The molecule has 7 aromatic rings. The number of aliphatic carboxylic acids is 1. The zero-order valence-corrected chi connectivity index (χ0v) is 65.2. The van der Waals surface area contributed by atoms with Gasteiger partial charge in [-0.25, -0.2) is 22.0 Å². The summed E-state index contributed by atoms with van der Waals surface area (Å²) in [5, 5.41) is 3.95. The van der Waals surface area contributed by atoms with Gasteiger partial charge in [0.2, 0.25) is 0 Å². The summed E-state index contributed by atoms with van der Waals surface area (Å²) in [5.41, 5.74) is 9.60. The number of aromatic amines is 1. The van der Waals surface area contributed by atoms with Gasteiger partial charge in [-0.1, -0.05) is 62.1 Å². The number of carbonyl (C=O) groups excluding carboxylic acids is 2. The van der Waals surface area contributed by atoms with E-state index in [0.717, 1.165) is 109 Å². The van der Waals surface area contributed by atoms with Gasteiger partial charge in [-0.2, -0.15) is 5.01 Å². The fourth-order valence-electron chi connectivity index (χ4n) is 8.87. The summed E-state index contributed by atoms with van der Waals surface area (Å²) in [4.78, 5) is 33.0. The van der Waals surface area contributed by atoms with Crippen LogP contribution in [0.1, 0.15) is 99.4 Å². The molecule has 15 radical (unpaired) electrons. The van der Waals surface area contributed by atoms with Crippen LogP contribution in [0.5, 0.6) is 5.75 Å². The van der Waals surface area contributed by atoms with E-state index in [1.807, 2.05) is 72.8 Å². The Bertz CT molecular complexity index is 3750. The minimum atomic E-state index is -3.22. The molecule has 0 unspecified atom stereocenters. The van der Waals surface area contributed by atoms with Crippen LogP contribution in [0.4, 0.5) is 22.0 Å². The molecular formula is C58H51B11Br5Cl4F5MnNNaO8P. The number of aromatic nitrogens is 1.